The van der Waals surface area contributed by atoms with Gasteiger partial charge in [0, 0.05) is 6.07 Å². The molecular weight excluding hydrogens is 210 g/mol. The van der Waals surface area contributed by atoms with Gasteiger partial charge in [-0.3, -0.25) is 10.1 Å². The molecule has 4 nitrogen and oxygen atoms in total. The van der Waals surface area contributed by atoms with Gasteiger partial charge in [-0.05, 0) is 32.6 Å². The highest BCUT2D eigenvalue weighted by molar-refractivity contribution is 6.70. The van der Waals surface area contributed by atoms with Crippen LogP contribution in [-0.4, -0.2) is 13.2 Å². The van der Waals surface area contributed by atoms with E-state index < -0.39 is 8.32 Å². The Morgan fingerprint density at radius 1 is 1.33 bits per heavy atom. The molecule has 0 aliphatic rings. The van der Waals surface area contributed by atoms with Crippen molar-refractivity contribution >= 4 is 14.0 Å². The van der Waals surface area contributed by atoms with Crippen LogP contribution in [0.5, 0.6) is 5.75 Å². The second-order valence-corrected chi connectivity index (χ2v) is 8.80. The monoisotopic (exact) mass is 225 g/mol. The first-order valence-electron chi connectivity index (χ1n) is 4.74. The lowest BCUT2D eigenvalue weighted by atomic mass is 10.2. The Labute approximate surface area is 90.2 Å². The number of nitro groups is 1. The van der Waals surface area contributed by atoms with Crippen LogP contribution >= 0.6 is 0 Å². The third kappa shape index (κ3) is 3.05. The van der Waals surface area contributed by atoms with Crippen LogP contribution in [0.3, 0.4) is 0 Å². The van der Waals surface area contributed by atoms with E-state index in [1.165, 1.54) is 6.07 Å². The number of hydrogen-bond acceptors (Lipinski definition) is 3. The lowest BCUT2D eigenvalue weighted by molar-refractivity contribution is -0.385. The molecule has 0 aromatic heterocycles. The average molecular weight is 225 g/mol. The second-order valence-electron chi connectivity index (χ2n) is 4.37. The van der Waals surface area contributed by atoms with E-state index in [2.05, 4.69) is 0 Å². The summed E-state index contributed by atoms with van der Waals surface area (Å²) in [4.78, 5) is 10.3. The summed E-state index contributed by atoms with van der Waals surface area (Å²) in [7, 11) is -1.71. The minimum absolute atomic E-state index is 0.116. The molecule has 1 rings (SSSR count). The number of nitro benzene ring substituents is 1. The first kappa shape index (κ1) is 11.7. The molecule has 0 bridgehead atoms. The standard InChI is InChI=1S/C10H15NO3Si/c1-8-9(11(12)13)6-5-7-10(8)14-15(2,3)4/h5-7H,1-4H3. The van der Waals surface area contributed by atoms with Crippen molar-refractivity contribution in [1.29, 1.82) is 0 Å². The third-order valence-corrected chi connectivity index (χ3v) is 2.70. The van der Waals surface area contributed by atoms with Gasteiger partial charge >= 0.3 is 0 Å². The highest BCUT2D eigenvalue weighted by Crippen LogP contribution is 2.28. The van der Waals surface area contributed by atoms with Crippen LogP contribution in [0.1, 0.15) is 5.56 Å². The van der Waals surface area contributed by atoms with E-state index >= 15 is 0 Å². The number of rotatable bonds is 3. The van der Waals surface area contributed by atoms with E-state index in [-0.39, 0.29) is 10.6 Å². The molecule has 15 heavy (non-hydrogen) atoms. The summed E-state index contributed by atoms with van der Waals surface area (Å²) in [6, 6.07) is 4.92. The summed E-state index contributed by atoms with van der Waals surface area (Å²) in [5, 5.41) is 10.7. The van der Waals surface area contributed by atoms with E-state index in [4.69, 9.17) is 4.43 Å². The highest BCUT2D eigenvalue weighted by Gasteiger charge is 2.20. The van der Waals surface area contributed by atoms with Gasteiger partial charge in [0.15, 0.2) is 0 Å². The van der Waals surface area contributed by atoms with Crippen molar-refractivity contribution in [3.05, 3.63) is 33.9 Å². The minimum Gasteiger partial charge on any atom is -0.544 e. The van der Waals surface area contributed by atoms with Crippen molar-refractivity contribution < 1.29 is 9.35 Å². The molecule has 1 aromatic rings. The molecule has 0 N–H and O–H groups in total. The van der Waals surface area contributed by atoms with Gasteiger partial charge in [-0.25, -0.2) is 0 Å². The Balaban J connectivity index is 3.10. The predicted molar refractivity (Wildman–Crippen MR) is 61.8 cm³/mol. The summed E-state index contributed by atoms with van der Waals surface area (Å²) >= 11 is 0. The zero-order chi connectivity index (χ0) is 11.6. The van der Waals surface area contributed by atoms with Crippen LogP contribution in [-0.2, 0) is 0 Å². The van der Waals surface area contributed by atoms with E-state index in [9.17, 15) is 10.1 Å². The number of benzene rings is 1. The fourth-order valence-corrected chi connectivity index (χ4v) is 2.12. The fraction of sp³-hybridized carbons (Fsp3) is 0.400. The lowest BCUT2D eigenvalue weighted by Crippen LogP contribution is -2.29. The molecule has 0 aliphatic heterocycles. The van der Waals surface area contributed by atoms with Gasteiger partial charge < -0.3 is 4.43 Å². The number of hydrogen-bond donors (Lipinski definition) is 0. The molecule has 0 heterocycles. The summed E-state index contributed by atoms with van der Waals surface area (Å²) in [5.74, 6) is 0.628. The maximum Gasteiger partial charge on any atom is 0.275 e. The molecule has 0 atom stereocenters. The van der Waals surface area contributed by atoms with E-state index in [1.807, 2.05) is 19.6 Å². The van der Waals surface area contributed by atoms with Gasteiger partial charge in [-0.15, -0.1) is 0 Å². The predicted octanol–water partition coefficient (Wildman–Crippen LogP) is 3.12. The van der Waals surface area contributed by atoms with Gasteiger partial charge in [0.05, 0.1) is 10.5 Å². The average Bonchev–Trinajstić information content (AvgIpc) is 2.05. The molecule has 1 aromatic carbocycles. The maximum absolute atomic E-state index is 10.7. The van der Waals surface area contributed by atoms with Crippen LogP contribution in [0.25, 0.3) is 0 Å². The SMILES string of the molecule is Cc1c(O[Si](C)(C)C)cccc1[N+](=O)[O-]. The van der Waals surface area contributed by atoms with Gasteiger partial charge in [0.25, 0.3) is 5.69 Å². The molecule has 0 fully saturated rings. The van der Waals surface area contributed by atoms with Gasteiger partial charge in [0.1, 0.15) is 5.75 Å². The van der Waals surface area contributed by atoms with Crippen LogP contribution in [0.15, 0.2) is 18.2 Å². The summed E-state index contributed by atoms with van der Waals surface area (Å²) in [6.45, 7) is 7.86. The maximum atomic E-state index is 10.7. The molecule has 82 valence electrons. The molecule has 0 aliphatic carbocycles. The third-order valence-electron chi connectivity index (χ3n) is 1.87. The van der Waals surface area contributed by atoms with Crippen LogP contribution in [0.4, 0.5) is 5.69 Å². The van der Waals surface area contributed by atoms with Gasteiger partial charge in [0.2, 0.25) is 8.32 Å². The molecule has 0 saturated heterocycles. The summed E-state index contributed by atoms with van der Waals surface area (Å²) in [5.41, 5.74) is 0.718. The Hall–Kier alpha value is -1.36. The Bertz CT molecular complexity index is 385. The molecular formula is C10H15NO3Si. The van der Waals surface area contributed by atoms with E-state index in [0.717, 1.165) is 0 Å². The first-order chi connectivity index (χ1) is 6.81. The molecule has 0 unspecified atom stereocenters. The zero-order valence-corrected chi connectivity index (χ0v) is 10.4. The highest BCUT2D eigenvalue weighted by atomic mass is 28.4. The van der Waals surface area contributed by atoms with Crippen LogP contribution in [0, 0.1) is 17.0 Å². The van der Waals surface area contributed by atoms with E-state index in [0.29, 0.717) is 11.3 Å². The van der Waals surface area contributed by atoms with Crippen molar-refractivity contribution in [1.82, 2.24) is 0 Å². The van der Waals surface area contributed by atoms with Crippen molar-refractivity contribution in [2.75, 3.05) is 0 Å². The second kappa shape index (κ2) is 4.02. The van der Waals surface area contributed by atoms with Gasteiger partial charge in [-0.1, -0.05) is 6.07 Å². The topological polar surface area (TPSA) is 52.4 Å². The molecule has 0 saturated carbocycles. The number of nitrogens with zero attached hydrogens (tertiary/aromatic N) is 1. The molecule has 0 amide bonds. The normalized spacial score (nSPS) is 11.2. The first-order valence-corrected chi connectivity index (χ1v) is 8.15. The lowest BCUT2D eigenvalue weighted by Gasteiger charge is -2.20. The summed E-state index contributed by atoms with van der Waals surface area (Å²) < 4.78 is 5.76. The largest absolute Gasteiger partial charge is 0.544 e. The van der Waals surface area contributed by atoms with Crippen molar-refractivity contribution in [3.8, 4) is 5.75 Å². The molecule has 0 spiro atoms. The Morgan fingerprint density at radius 2 is 1.93 bits per heavy atom. The minimum atomic E-state index is -1.71. The van der Waals surface area contributed by atoms with Crippen LogP contribution < -0.4 is 4.43 Å². The van der Waals surface area contributed by atoms with Gasteiger partial charge in [-0.2, -0.15) is 0 Å². The molecule has 5 heteroatoms. The fourth-order valence-electron chi connectivity index (χ4n) is 1.24. The van der Waals surface area contributed by atoms with Crippen molar-refractivity contribution in [3.63, 3.8) is 0 Å². The van der Waals surface area contributed by atoms with Crippen molar-refractivity contribution in [2.24, 2.45) is 0 Å². The Morgan fingerprint density at radius 3 is 2.40 bits per heavy atom. The smallest absolute Gasteiger partial charge is 0.275 e. The summed E-state index contributed by atoms with van der Waals surface area (Å²) in [6.07, 6.45) is 0. The quantitative estimate of drug-likeness (QED) is 0.451. The zero-order valence-electron chi connectivity index (χ0n) is 9.40. The molecule has 0 radical (unpaired) electrons. The Kier molecular flexibility index (Phi) is 3.14. The van der Waals surface area contributed by atoms with E-state index in [1.54, 1.807) is 19.1 Å². The van der Waals surface area contributed by atoms with Crippen LogP contribution in [0.2, 0.25) is 19.6 Å². The van der Waals surface area contributed by atoms with Crippen molar-refractivity contribution in [2.45, 2.75) is 26.6 Å².